The summed E-state index contributed by atoms with van der Waals surface area (Å²) in [6.45, 7) is 1.90. The molecule has 0 unspecified atom stereocenters. The number of anilines is 1. The number of aromatic nitrogens is 1. The van der Waals surface area contributed by atoms with Crippen molar-refractivity contribution in [2.24, 2.45) is 0 Å². The SMILES string of the molecule is Cc1ccc(NC(=O)c2ccc[nH]c2=S)cc1Cl. The Hall–Kier alpha value is -1.65. The van der Waals surface area contributed by atoms with E-state index in [1.165, 1.54) is 0 Å². The molecule has 0 aliphatic rings. The molecule has 1 amide bonds. The summed E-state index contributed by atoms with van der Waals surface area (Å²) in [5.74, 6) is -0.253. The molecule has 1 aromatic heterocycles. The molecule has 92 valence electrons. The van der Waals surface area contributed by atoms with Crippen molar-refractivity contribution >= 4 is 35.4 Å². The van der Waals surface area contributed by atoms with E-state index in [9.17, 15) is 4.79 Å². The van der Waals surface area contributed by atoms with Crippen LogP contribution < -0.4 is 5.32 Å². The van der Waals surface area contributed by atoms with Crippen LogP contribution in [0.25, 0.3) is 0 Å². The van der Waals surface area contributed by atoms with Crippen LogP contribution in [-0.2, 0) is 0 Å². The smallest absolute Gasteiger partial charge is 0.258 e. The lowest BCUT2D eigenvalue weighted by Crippen LogP contribution is -2.12. The second-order valence-electron chi connectivity index (χ2n) is 3.83. The van der Waals surface area contributed by atoms with Crippen molar-refractivity contribution in [2.75, 3.05) is 5.32 Å². The number of hydrogen-bond acceptors (Lipinski definition) is 2. The Kier molecular flexibility index (Phi) is 3.79. The van der Waals surface area contributed by atoms with Crippen molar-refractivity contribution in [3.05, 3.63) is 57.3 Å². The average Bonchev–Trinajstić information content (AvgIpc) is 2.34. The van der Waals surface area contributed by atoms with Crippen molar-refractivity contribution in [3.63, 3.8) is 0 Å². The minimum absolute atomic E-state index is 0.253. The zero-order valence-electron chi connectivity index (χ0n) is 9.66. The molecule has 3 nitrogen and oxygen atoms in total. The van der Waals surface area contributed by atoms with Crippen molar-refractivity contribution in [3.8, 4) is 0 Å². The maximum atomic E-state index is 12.0. The lowest BCUT2D eigenvalue weighted by molar-refractivity contribution is 0.102. The summed E-state index contributed by atoms with van der Waals surface area (Å²) in [4.78, 5) is 14.8. The molecule has 1 aromatic carbocycles. The van der Waals surface area contributed by atoms with Gasteiger partial charge in [0, 0.05) is 16.9 Å². The number of aryl methyl sites for hydroxylation is 1. The molecule has 5 heteroatoms. The maximum Gasteiger partial charge on any atom is 0.258 e. The van der Waals surface area contributed by atoms with Gasteiger partial charge in [0.05, 0.1) is 5.56 Å². The van der Waals surface area contributed by atoms with E-state index >= 15 is 0 Å². The predicted octanol–water partition coefficient (Wildman–Crippen LogP) is 3.96. The number of amides is 1. The summed E-state index contributed by atoms with van der Waals surface area (Å²) in [7, 11) is 0. The van der Waals surface area contributed by atoms with Gasteiger partial charge >= 0.3 is 0 Å². The first kappa shape index (κ1) is 12.8. The summed E-state index contributed by atoms with van der Waals surface area (Å²) < 4.78 is 0.410. The molecule has 1 heterocycles. The van der Waals surface area contributed by atoms with Gasteiger partial charge < -0.3 is 10.3 Å². The number of carbonyl (C=O) groups is 1. The second kappa shape index (κ2) is 5.33. The molecular weight excluding hydrogens is 268 g/mol. The van der Waals surface area contributed by atoms with Gasteiger partial charge in [-0.2, -0.15) is 0 Å². The van der Waals surface area contributed by atoms with E-state index in [-0.39, 0.29) is 5.91 Å². The molecule has 0 saturated heterocycles. The van der Waals surface area contributed by atoms with Gasteiger partial charge in [-0.25, -0.2) is 0 Å². The normalized spacial score (nSPS) is 10.1. The van der Waals surface area contributed by atoms with Crippen LogP contribution in [0.3, 0.4) is 0 Å². The molecule has 2 aromatic rings. The first-order chi connectivity index (χ1) is 8.58. The van der Waals surface area contributed by atoms with E-state index in [1.54, 1.807) is 30.5 Å². The number of halogens is 1. The average molecular weight is 279 g/mol. The minimum Gasteiger partial charge on any atom is -0.352 e. The van der Waals surface area contributed by atoms with E-state index < -0.39 is 0 Å². The summed E-state index contributed by atoms with van der Waals surface area (Å²) in [6, 6.07) is 8.76. The fraction of sp³-hybridized carbons (Fsp3) is 0.0769. The molecule has 18 heavy (non-hydrogen) atoms. The van der Waals surface area contributed by atoms with Crippen molar-refractivity contribution in [1.29, 1.82) is 0 Å². The first-order valence-electron chi connectivity index (χ1n) is 5.33. The zero-order valence-corrected chi connectivity index (χ0v) is 11.2. The van der Waals surface area contributed by atoms with Gasteiger partial charge in [0.1, 0.15) is 4.64 Å². The second-order valence-corrected chi connectivity index (χ2v) is 4.65. The Balaban J connectivity index is 2.24. The van der Waals surface area contributed by atoms with Crippen LogP contribution in [0.2, 0.25) is 5.02 Å². The fourth-order valence-electron chi connectivity index (χ4n) is 1.47. The van der Waals surface area contributed by atoms with Crippen LogP contribution in [0.1, 0.15) is 15.9 Å². The van der Waals surface area contributed by atoms with Gasteiger partial charge in [-0.05, 0) is 36.8 Å². The summed E-state index contributed by atoms with van der Waals surface area (Å²) in [5, 5.41) is 3.37. The Morgan fingerprint density at radius 1 is 1.39 bits per heavy atom. The summed E-state index contributed by atoms with van der Waals surface area (Å²) in [5.41, 5.74) is 2.05. The Bertz CT molecular complexity index is 651. The highest BCUT2D eigenvalue weighted by Crippen LogP contribution is 2.20. The number of H-pyrrole nitrogens is 1. The van der Waals surface area contributed by atoms with Gasteiger partial charge in [-0.1, -0.05) is 29.9 Å². The number of benzene rings is 1. The highest BCUT2D eigenvalue weighted by molar-refractivity contribution is 7.71. The summed E-state index contributed by atoms with van der Waals surface area (Å²) >= 11 is 11.0. The standard InChI is InChI=1S/C13H11ClN2OS/c1-8-4-5-9(7-11(8)14)16-12(17)10-3-2-6-15-13(10)18/h2-7H,1H3,(H,15,18)(H,16,17). The van der Waals surface area contributed by atoms with E-state index in [2.05, 4.69) is 10.3 Å². The topological polar surface area (TPSA) is 44.9 Å². The van der Waals surface area contributed by atoms with Gasteiger partial charge in [-0.3, -0.25) is 4.79 Å². The van der Waals surface area contributed by atoms with Gasteiger partial charge in [0.15, 0.2) is 0 Å². The molecule has 0 radical (unpaired) electrons. The molecule has 0 aliphatic carbocycles. The first-order valence-corrected chi connectivity index (χ1v) is 6.12. The molecular formula is C13H11ClN2OS. The van der Waals surface area contributed by atoms with Crippen molar-refractivity contribution in [1.82, 2.24) is 4.98 Å². The van der Waals surface area contributed by atoms with Gasteiger partial charge in [-0.15, -0.1) is 0 Å². The van der Waals surface area contributed by atoms with E-state index in [0.29, 0.717) is 20.9 Å². The third-order valence-electron chi connectivity index (χ3n) is 2.49. The van der Waals surface area contributed by atoms with Crippen LogP contribution in [0, 0.1) is 11.6 Å². The van der Waals surface area contributed by atoms with E-state index in [1.807, 2.05) is 13.0 Å². The number of carbonyl (C=O) groups excluding carboxylic acids is 1. The lowest BCUT2D eigenvalue weighted by atomic mass is 10.2. The number of hydrogen-bond donors (Lipinski definition) is 2. The molecule has 0 bridgehead atoms. The van der Waals surface area contributed by atoms with Crippen LogP contribution in [0.5, 0.6) is 0 Å². The zero-order chi connectivity index (χ0) is 13.1. The van der Waals surface area contributed by atoms with Gasteiger partial charge in [0.25, 0.3) is 5.91 Å². The molecule has 0 aliphatic heterocycles. The van der Waals surface area contributed by atoms with Crippen LogP contribution in [0.4, 0.5) is 5.69 Å². The van der Waals surface area contributed by atoms with Crippen molar-refractivity contribution in [2.45, 2.75) is 6.92 Å². The highest BCUT2D eigenvalue weighted by atomic mass is 35.5. The van der Waals surface area contributed by atoms with Crippen LogP contribution in [-0.4, -0.2) is 10.9 Å². The van der Waals surface area contributed by atoms with Crippen LogP contribution >= 0.6 is 23.8 Å². The lowest BCUT2D eigenvalue weighted by Gasteiger charge is -2.06. The number of rotatable bonds is 2. The van der Waals surface area contributed by atoms with E-state index in [4.69, 9.17) is 23.8 Å². The van der Waals surface area contributed by atoms with E-state index in [0.717, 1.165) is 5.56 Å². The molecule has 0 atom stereocenters. The largest absolute Gasteiger partial charge is 0.352 e. The van der Waals surface area contributed by atoms with Gasteiger partial charge in [0.2, 0.25) is 0 Å². The number of nitrogens with one attached hydrogen (secondary N) is 2. The molecule has 0 fully saturated rings. The molecule has 0 saturated carbocycles. The van der Waals surface area contributed by atoms with Crippen molar-refractivity contribution < 1.29 is 4.79 Å². The Labute approximate surface area is 115 Å². The number of aromatic amines is 1. The third kappa shape index (κ3) is 2.78. The molecule has 2 rings (SSSR count). The number of pyridine rings is 1. The fourth-order valence-corrected chi connectivity index (χ4v) is 1.88. The Morgan fingerprint density at radius 2 is 2.17 bits per heavy atom. The molecule has 2 N–H and O–H groups in total. The minimum atomic E-state index is -0.253. The quantitative estimate of drug-likeness (QED) is 0.817. The summed E-state index contributed by atoms with van der Waals surface area (Å²) in [6.07, 6.45) is 1.68. The maximum absolute atomic E-state index is 12.0. The molecule has 0 spiro atoms. The highest BCUT2D eigenvalue weighted by Gasteiger charge is 2.08. The predicted molar refractivity (Wildman–Crippen MR) is 75.8 cm³/mol. The van der Waals surface area contributed by atoms with Crippen LogP contribution in [0.15, 0.2) is 36.5 Å². The third-order valence-corrected chi connectivity index (χ3v) is 3.24. The Morgan fingerprint density at radius 3 is 2.83 bits per heavy atom. The monoisotopic (exact) mass is 278 g/mol.